The predicted octanol–water partition coefficient (Wildman–Crippen LogP) is 1.90. The molecule has 2 aliphatic heterocycles. The number of rotatable bonds is 7. The van der Waals surface area contributed by atoms with Crippen LogP contribution in [0, 0.1) is 11.8 Å². The Morgan fingerprint density at radius 1 is 1.35 bits per heavy atom. The van der Waals surface area contributed by atoms with Crippen molar-refractivity contribution in [2.24, 2.45) is 17.0 Å². The van der Waals surface area contributed by atoms with Crippen LogP contribution in [0.15, 0.2) is 21.7 Å². The van der Waals surface area contributed by atoms with Crippen LogP contribution in [-0.2, 0) is 22.8 Å². The molecule has 1 amide bonds. The number of carbonyl (C=O) groups excluding carboxylic acids is 1. The first-order valence-corrected chi connectivity index (χ1v) is 9.46. The molecular formula is C19H29N3O4. The Labute approximate surface area is 154 Å². The van der Waals surface area contributed by atoms with E-state index in [1.807, 2.05) is 12.1 Å². The first-order valence-electron chi connectivity index (χ1n) is 9.46. The van der Waals surface area contributed by atoms with Crippen LogP contribution in [0.3, 0.4) is 0 Å². The summed E-state index contributed by atoms with van der Waals surface area (Å²) < 4.78 is 5.55. The third kappa shape index (κ3) is 4.86. The molecule has 1 saturated heterocycles. The lowest BCUT2D eigenvalue weighted by molar-refractivity contribution is -0.131. The maximum atomic E-state index is 12.2. The van der Waals surface area contributed by atoms with E-state index in [1.54, 1.807) is 0 Å². The highest BCUT2D eigenvalue weighted by atomic mass is 16.6. The van der Waals surface area contributed by atoms with Crippen molar-refractivity contribution in [3.05, 3.63) is 23.7 Å². The minimum absolute atomic E-state index is 0.0565. The highest BCUT2D eigenvalue weighted by Crippen LogP contribution is 2.20. The molecule has 1 atom stereocenters. The minimum Gasteiger partial charge on any atom is -0.462 e. The van der Waals surface area contributed by atoms with Gasteiger partial charge in [-0.3, -0.25) is 9.69 Å². The Morgan fingerprint density at radius 2 is 2.08 bits per heavy atom. The molecule has 2 aliphatic rings. The van der Waals surface area contributed by atoms with Gasteiger partial charge in [-0.05, 0) is 49.9 Å². The molecule has 0 bridgehead atoms. The second kappa shape index (κ2) is 8.68. The summed E-state index contributed by atoms with van der Waals surface area (Å²) in [6.07, 6.45) is 2.23. The molecule has 1 aromatic rings. The topological polar surface area (TPSA) is 87.3 Å². The summed E-state index contributed by atoms with van der Waals surface area (Å²) in [6.45, 7) is 7.49. The second-order valence-electron chi connectivity index (χ2n) is 7.53. The number of piperidine rings is 1. The quantitative estimate of drug-likeness (QED) is 0.773. The van der Waals surface area contributed by atoms with Crippen LogP contribution in [0.5, 0.6) is 0 Å². The fourth-order valence-corrected chi connectivity index (χ4v) is 3.40. The molecule has 0 spiro atoms. The van der Waals surface area contributed by atoms with E-state index in [9.17, 15) is 4.79 Å². The van der Waals surface area contributed by atoms with Gasteiger partial charge in [0, 0.05) is 13.0 Å². The van der Waals surface area contributed by atoms with Gasteiger partial charge < -0.3 is 19.7 Å². The van der Waals surface area contributed by atoms with Gasteiger partial charge in [-0.1, -0.05) is 19.0 Å². The average molecular weight is 363 g/mol. The fraction of sp³-hybridized carbons (Fsp3) is 0.684. The maximum absolute atomic E-state index is 12.2. The molecule has 0 aliphatic carbocycles. The Hall–Kier alpha value is -1.86. The van der Waals surface area contributed by atoms with E-state index in [2.05, 4.69) is 29.2 Å². The van der Waals surface area contributed by atoms with Crippen LogP contribution in [0.2, 0.25) is 0 Å². The monoisotopic (exact) mass is 363 g/mol. The lowest BCUT2D eigenvalue weighted by atomic mass is 9.96. The Kier molecular flexibility index (Phi) is 6.32. The van der Waals surface area contributed by atoms with E-state index < -0.39 is 6.10 Å². The number of furan rings is 1. The second-order valence-corrected chi connectivity index (χ2v) is 7.53. The number of amides is 1. The van der Waals surface area contributed by atoms with Gasteiger partial charge in [0.25, 0.3) is 5.91 Å². The smallest absolute Gasteiger partial charge is 0.264 e. The number of hydrogen-bond acceptors (Lipinski definition) is 6. The third-order valence-corrected chi connectivity index (χ3v) is 5.18. The van der Waals surface area contributed by atoms with E-state index in [1.165, 1.54) is 0 Å². The zero-order valence-electron chi connectivity index (χ0n) is 15.6. The number of likely N-dealkylation sites (tertiary alicyclic amines) is 1. The SMILES string of the molecule is CC(C)C1=NOC(C(=O)NCC2CCN(Cc3ccc(CO)o3)CC2)C1. The number of hydrogen-bond donors (Lipinski definition) is 2. The summed E-state index contributed by atoms with van der Waals surface area (Å²) in [6, 6.07) is 3.74. The molecule has 144 valence electrons. The number of nitrogens with zero attached hydrogens (tertiary/aromatic N) is 2. The van der Waals surface area contributed by atoms with Gasteiger partial charge >= 0.3 is 0 Å². The minimum atomic E-state index is -0.466. The van der Waals surface area contributed by atoms with Crippen molar-refractivity contribution in [3.63, 3.8) is 0 Å². The molecule has 26 heavy (non-hydrogen) atoms. The summed E-state index contributed by atoms with van der Waals surface area (Å²) in [7, 11) is 0. The van der Waals surface area contributed by atoms with E-state index in [0.717, 1.165) is 43.9 Å². The lowest BCUT2D eigenvalue weighted by Gasteiger charge is -2.31. The summed E-state index contributed by atoms with van der Waals surface area (Å²) >= 11 is 0. The highest BCUT2D eigenvalue weighted by Gasteiger charge is 2.30. The van der Waals surface area contributed by atoms with Crippen LogP contribution in [-0.4, -0.2) is 47.4 Å². The summed E-state index contributed by atoms with van der Waals surface area (Å²) in [5, 5.41) is 16.1. The highest BCUT2D eigenvalue weighted by molar-refractivity contribution is 5.93. The molecule has 7 nitrogen and oxygen atoms in total. The normalized spacial score (nSPS) is 21.7. The van der Waals surface area contributed by atoms with E-state index >= 15 is 0 Å². The number of aliphatic hydroxyl groups is 1. The summed E-state index contributed by atoms with van der Waals surface area (Å²) in [5.74, 6) is 2.25. The molecule has 1 unspecified atom stereocenters. The molecule has 2 N–H and O–H groups in total. The van der Waals surface area contributed by atoms with Gasteiger partial charge in [0.05, 0.1) is 12.3 Å². The molecule has 7 heteroatoms. The van der Waals surface area contributed by atoms with Crippen LogP contribution in [0.25, 0.3) is 0 Å². The van der Waals surface area contributed by atoms with E-state index in [0.29, 0.717) is 30.6 Å². The number of oxime groups is 1. The van der Waals surface area contributed by atoms with Crippen molar-refractivity contribution < 1.29 is 19.2 Å². The molecule has 3 rings (SSSR count). The van der Waals surface area contributed by atoms with Gasteiger partial charge in [0.2, 0.25) is 6.10 Å². The molecule has 0 saturated carbocycles. The summed E-state index contributed by atoms with van der Waals surface area (Å²) in [5.41, 5.74) is 0.959. The van der Waals surface area contributed by atoms with Crippen LogP contribution >= 0.6 is 0 Å². The molecule has 3 heterocycles. The van der Waals surface area contributed by atoms with Crippen molar-refractivity contribution in [1.82, 2.24) is 10.2 Å². The van der Waals surface area contributed by atoms with Gasteiger partial charge in [0.1, 0.15) is 18.1 Å². The van der Waals surface area contributed by atoms with E-state index in [-0.39, 0.29) is 12.5 Å². The standard InChI is InChI=1S/C19H29N3O4/c1-13(2)17-9-18(26-21-17)19(24)20-10-14-5-7-22(8-6-14)11-15-3-4-16(12-23)25-15/h3-4,13-14,18,23H,5-12H2,1-2H3,(H,20,24). The van der Waals surface area contributed by atoms with Crippen LogP contribution < -0.4 is 5.32 Å². The molecule has 1 aromatic heterocycles. The van der Waals surface area contributed by atoms with E-state index in [4.69, 9.17) is 14.4 Å². The first kappa shape index (κ1) is 18.9. The Morgan fingerprint density at radius 3 is 2.69 bits per heavy atom. The van der Waals surface area contributed by atoms with Crippen molar-refractivity contribution in [1.29, 1.82) is 0 Å². The average Bonchev–Trinajstić information content (AvgIpc) is 3.30. The zero-order valence-corrected chi connectivity index (χ0v) is 15.6. The fourth-order valence-electron chi connectivity index (χ4n) is 3.40. The third-order valence-electron chi connectivity index (χ3n) is 5.18. The van der Waals surface area contributed by atoms with Crippen molar-refractivity contribution in [2.45, 2.75) is 52.4 Å². The number of carbonyl (C=O) groups is 1. The van der Waals surface area contributed by atoms with Gasteiger partial charge in [-0.15, -0.1) is 0 Å². The number of aliphatic hydroxyl groups excluding tert-OH is 1. The van der Waals surface area contributed by atoms with Crippen LogP contribution in [0.1, 0.15) is 44.6 Å². The number of nitrogens with one attached hydrogen (secondary N) is 1. The molecule has 0 aromatic carbocycles. The first-order chi connectivity index (χ1) is 12.5. The van der Waals surface area contributed by atoms with Crippen LogP contribution in [0.4, 0.5) is 0 Å². The largest absolute Gasteiger partial charge is 0.462 e. The maximum Gasteiger partial charge on any atom is 0.264 e. The lowest BCUT2D eigenvalue weighted by Crippen LogP contribution is -2.41. The predicted molar refractivity (Wildman–Crippen MR) is 97.4 cm³/mol. The summed E-state index contributed by atoms with van der Waals surface area (Å²) in [4.78, 5) is 19.9. The van der Waals surface area contributed by atoms with Crippen molar-refractivity contribution >= 4 is 11.6 Å². The van der Waals surface area contributed by atoms with Crippen molar-refractivity contribution in [2.75, 3.05) is 19.6 Å². The van der Waals surface area contributed by atoms with Gasteiger partial charge in [-0.2, -0.15) is 0 Å². The molecule has 1 fully saturated rings. The Bertz CT molecular complexity index is 632. The Balaban J connectivity index is 1.34. The van der Waals surface area contributed by atoms with Gasteiger partial charge in [0.15, 0.2) is 0 Å². The van der Waals surface area contributed by atoms with Gasteiger partial charge in [-0.25, -0.2) is 0 Å². The molecule has 0 radical (unpaired) electrons. The van der Waals surface area contributed by atoms with Crippen molar-refractivity contribution in [3.8, 4) is 0 Å². The molecular weight excluding hydrogens is 334 g/mol. The zero-order chi connectivity index (χ0) is 18.5.